The lowest BCUT2D eigenvalue weighted by molar-refractivity contribution is 0.505. The van der Waals surface area contributed by atoms with Crippen LogP contribution in [-0.4, -0.2) is 4.98 Å². The second kappa shape index (κ2) is 6.33. The predicted molar refractivity (Wildman–Crippen MR) is 79.2 cm³/mol. The summed E-state index contributed by atoms with van der Waals surface area (Å²) in [6.07, 6.45) is 7.96. The lowest BCUT2D eigenvalue weighted by atomic mass is 9.97. The Morgan fingerprint density at radius 2 is 2.21 bits per heavy atom. The van der Waals surface area contributed by atoms with Gasteiger partial charge >= 0.3 is 0 Å². The average molecular weight is 253 g/mol. The maximum atomic E-state index is 5.71. The van der Waals surface area contributed by atoms with Crippen molar-refractivity contribution in [3.05, 3.63) is 41.6 Å². The summed E-state index contributed by atoms with van der Waals surface area (Å²) in [7, 11) is 0. The monoisotopic (exact) mass is 253 g/mol. The maximum absolute atomic E-state index is 5.71. The number of fused-ring (bicyclic) bond motifs is 1. The lowest BCUT2D eigenvalue weighted by Gasteiger charge is -2.18. The summed E-state index contributed by atoms with van der Waals surface area (Å²) in [5.74, 6) is 8.37. The van der Waals surface area contributed by atoms with Gasteiger partial charge in [0, 0.05) is 23.5 Å². The molecule has 3 nitrogen and oxygen atoms in total. The lowest BCUT2D eigenvalue weighted by Crippen LogP contribution is -2.28. The average Bonchev–Trinajstić information content (AvgIpc) is 2.43. The number of hydrazine groups is 1. The summed E-state index contributed by atoms with van der Waals surface area (Å²) < 4.78 is 0. The molecule has 0 aliphatic rings. The highest BCUT2D eigenvalue weighted by atomic mass is 15.2. The van der Waals surface area contributed by atoms with Crippen molar-refractivity contribution in [3.63, 3.8) is 0 Å². The summed E-state index contributed by atoms with van der Waals surface area (Å²) in [5, 5.41) is 1.15. The number of hydrogen-bond acceptors (Lipinski definition) is 3. The van der Waals surface area contributed by atoms with Gasteiger partial charge in [0.25, 0.3) is 0 Å². The number of nitrogens with one attached hydrogen (secondary N) is 1. The largest absolute Gasteiger partial charge is 0.271 e. The fourth-order valence-electron chi connectivity index (χ4n) is 2.37. The first kappa shape index (κ1) is 13.5. The first-order valence-electron chi connectivity index (χ1n) is 6.52. The van der Waals surface area contributed by atoms with Gasteiger partial charge in [0.1, 0.15) is 0 Å². The Morgan fingerprint density at radius 1 is 1.42 bits per heavy atom. The van der Waals surface area contributed by atoms with E-state index in [1.807, 2.05) is 25.1 Å². The molecule has 0 saturated heterocycles. The van der Waals surface area contributed by atoms with Crippen LogP contribution in [0.25, 0.3) is 10.9 Å². The molecule has 19 heavy (non-hydrogen) atoms. The molecule has 0 bridgehead atoms. The topological polar surface area (TPSA) is 50.9 Å². The third-order valence-corrected chi connectivity index (χ3v) is 3.27. The molecular weight excluding hydrogens is 234 g/mol. The van der Waals surface area contributed by atoms with E-state index in [4.69, 9.17) is 12.3 Å². The fraction of sp³-hybridized carbons (Fsp3) is 0.312. The number of para-hydroxylation sites is 1. The van der Waals surface area contributed by atoms with Gasteiger partial charge in [-0.15, -0.1) is 12.3 Å². The van der Waals surface area contributed by atoms with Gasteiger partial charge in [-0.25, -0.2) is 0 Å². The minimum atomic E-state index is 0.111. The van der Waals surface area contributed by atoms with E-state index in [9.17, 15) is 0 Å². The fourth-order valence-corrected chi connectivity index (χ4v) is 2.37. The van der Waals surface area contributed by atoms with Crippen LogP contribution in [0.5, 0.6) is 0 Å². The van der Waals surface area contributed by atoms with E-state index < -0.39 is 0 Å². The third-order valence-electron chi connectivity index (χ3n) is 3.27. The van der Waals surface area contributed by atoms with Crippen molar-refractivity contribution in [2.24, 2.45) is 5.84 Å². The summed E-state index contributed by atoms with van der Waals surface area (Å²) in [6.45, 7) is 2.00. The van der Waals surface area contributed by atoms with Crippen molar-refractivity contribution in [1.29, 1.82) is 0 Å². The van der Waals surface area contributed by atoms with Gasteiger partial charge in [0.2, 0.25) is 0 Å². The summed E-state index contributed by atoms with van der Waals surface area (Å²) in [6, 6.07) is 10.4. The molecule has 0 spiro atoms. The van der Waals surface area contributed by atoms with E-state index in [2.05, 4.69) is 28.5 Å². The quantitative estimate of drug-likeness (QED) is 0.373. The van der Waals surface area contributed by atoms with Crippen LogP contribution >= 0.6 is 0 Å². The van der Waals surface area contributed by atoms with Gasteiger partial charge < -0.3 is 0 Å². The van der Waals surface area contributed by atoms with Crippen molar-refractivity contribution >= 4 is 10.9 Å². The Morgan fingerprint density at radius 3 is 2.95 bits per heavy atom. The molecule has 0 saturated carbocycles. The molecule has 2 aromatic rings. The molecule has 0 radical (unpaired) electrons. The molecule has 3 N–H and O–H groups in total. The molecule has 1 unspecified atom stereocenters. The normalized spacial score (nSPS) is 12.3. The molecule has 1 aromatic carbocycles. The second-order valence-electron chi connectivity index (χ2n) is 4.69. The number of nitrogens with zero attached hydrogens (tertiary/aromatic N) is 1. The van der Waals surface area contributed by atoms with E-state index in [1.54, 1.807) is 0 Å². The Hall–Kier alpha value is -1.89. The molecule has 0 fully saturated rings. The van der Waals surface area contributed by atoms with E-state index >= 15 is 0 Å². The molecule has 98 valence electrons. The first-order valence-corrected chi connectivity index (χ1v) is 6.52. The van der Waals surface area contributed by atoms with Crippen LogP contribution in [0.2, 0.25) is 0 Å². The summed E-state index contributed by atoms with van der Waals surface area (Å²) >= 11 is 0. The highest BCUT2D eigenvalue weighted by molar-refractivity contribution is 5.82. The number of hydrogen-bond donors (Lipinski definition) is 2. The molecule has 1 aromatic heterocycles. The number of unbranched alkanes of at least 4 members (excludes halogenated alkanes) is 1. The van der Waals surface area contributed by atoms with Crippen LogP contribution in [0.15, 0.2) is 30.3 Å². The third kappa shape index (κ3) is 3.11. The van der Waals surface area contributed by atoms with Gasteiger partial charge in [-0.05, 0) is 37.5 Å². The second-order valence-corrected chi connectivity index (χ2v) is 4.69. The van der Waals surface area contributed by atoms with Crippen LogP contribution in [0, 0.1) is 19.3 Å². The summed E-state index contributed by atoms with van der Waals surface area (Å²) in [5.41, 5.74) is 6.11. The molecule has 2 rings (SSSR count). The van der Waals surface area contributed by atoms with Crippen LogP contribution in [-0.2, 0) is 0 Å². The standard InChI is InChI=1S/C16H19N3/c1-3-4-5-10-16(19-17)14-11-12(2)18-15-9-7-6-8-13(14)15/h1,6-9,11,16,19H,4-5,10,17H2,2H3. The van der Waals surface area contributed by atoms with Gasteiger partial charge in [-0.1, -0.05) is 18.2 Å². The minimum absolute atomic E-state index is 0.111. The predicted octanol–water partition coefficient (Wildman–Crippen LogP) is 2.85. The van der Waals surface area contributed by atoms with E-state index in [1.165, 1.54) is 5.56 Å². The van der Waals surface area contributed by atoms with Crippen molar-refractivity contribution in [3.8, 4) is 12.3 Å². The van der Waals surface area contributed by atoms with E-state index in [-0.39, 0.29) is 6.04 Å². The van der Waals surface area contributed by atoms with Gasteiger partial charge in [-0.3, -0.25) is 16.3 Å². The molecule has 1 atom stereocenters. The van der Waals surface area contributed by atoms with Gasteiger partial charge in [0.15, 0.2) is 0 Å². The van der Waals surface area contributed by atoms with E-state index in [0.29, 0.717) is 0 Å². The SMILES string of the molecule is C#CCCCC(NN)c1cc(C)nc2ccccc12. The van der Waals surface area contributed by atoms with Gasteiger partial charge in [-0.2, -0.15) is 0 Å². The Labute approximate surface area is 114 Å². The number of benzene rings is 1. The van der Waals surface area contributed by atoms with Crippen molar-refractivity contribution in [2.45, 2.75) is 32.2 Å². The number of aromatic nitrogens is 1. The number of pyridine rings is 1. The van der Waals surface area contributed by atoms with Crippen molar-refractivity contribution in [2.75, 3.05) is 0 Å². The number of terminal acetylenes is 1. The zero-order valence-electron chi connectivity index (χ0n) is 11.2. The maximum Gasteiger partial charge on any atom is 0.0708 e. The molecule has 3 heteroatoms. The highest BCUT2D eigenvalue weighted by Crippen LogP contribution is 2.26. The van der Waals surface area contributed by atoms with E-state index in [0.717, 1.165) is 35.9 Å². The van der Waals surface area contributed by atoms with Crippen molar-refractivity contribution < 1.29 is 0 Å². The minimum Gasteiger partial charge on any atom is -0.271 e. The highest BCUT2D eigenvalue weighted by Gasteiger charge is 2.13. The number of rotatable bonds is 5. The molecule has 1 heterocycles. The van der Waals surface area contributed by atoms with Crippen LogP contribution < -0.4 is 11.3 Å². The Balaban J connectivity index is 2.39. The van der Waals surface area contributed by atoms with Crippen molar-refractivity contribution in [1.82, 2.24) is 10.4 Å². The summed E-state index contributed by atoms with van der Waals surface area (Å²) in [4.78, 5) is 4.55. The van der Waals surface area contributed by atoms with Gasteiger partial charge in [0.05, 0.1) is 5.52 Å². The zero-order chi connectivity index (χ0) is 13.7. The number of nitrogens with two attached hydrogens (primary N) is 1. The first-order chi connectivity index (χ1) is 9.26. The molecule has 0 aliphatic heterocycles. The molecular formula is C16H19N3. The molecule has 0 amide bonds. The number of aryl methyl sites for hydroxylation is 1. The Kier molecular flexibility index (Phi) is 4.51. The Bertz CT molecular complexity index is 598. The smallest absolute Gasteiger partial charge is 0.0708 e. The molecule has 0 aliphatic carbocycles. The van der Waals surface area contributed by atoms with Crippen LogP contribution in [0.4, 0.5) is 0 Å². The van der Waals surface area contributed by atoms with Crippen LogP contribution in [0.1, 0.15) is 36.6 Å². The van der Waals surface area contributed by atoms with Crippen LogP contribution in [0.3, 0.4) is 0 Å². The zero-order valence-corrected chi connectivity index (χ0v) is 11.2.